The van der Waals surface area contributed by atoms with Crippen molar-refractivity contribution in [1.29, 1.82) is 0 Å². The highest BCUT2D eigenvalue weighted by atomic mass is 16.3. The van der Waals surface area contributed by atoms with Crippen molar-refractivity contribution >= 4 is 16.7 Å². The number of aromatic nitrogens is 2. The molecule has 0 aliphatic carbocycles. The first-order chi connectivity index (χ1) is 12.7. The van der Waals surface area contributed by atoms with Crippen LogP contribution < -0.4 is 10.6 Å². The van der Waals surface area contributed by atoms with Crippen LogP contribution in [-0.4, -0.2) is 35.2 Å². The third kappa shape index (κ3) is 3.63. The Balaban J connectivity index is 0.000000948. The summed E-state index contributed by atoms with van der Waals surface area (Å²) in [6, 6.07) is 13.6. The maximum Gasteiger partial charge on any atom is 0.165 e. The van der Waals surface area contributed by atoms with Crippen molar-refractivity contribution < 1.29 is 5.11 Å². The Kier molecular flexibility index (Phi) is 5.68. The number of benzene rings is 2. The predicted molar refractivity (Wildman–Crippen MR) is 108 cm³/mol. The van der Waals surface area contributed by atoms with E-state index in [0.29, 0.717) is 11.4 Å². The lowest BCUT2D eigenvalue weighted by Gasteiger charge is -2.29. The molecule has 136 valence electrons. The molecule has 0 amide bonds. The summed E-state index contributed by atoms with van der Waals surface area (Å²) in [5.74, 6) is 1.79. The van der Waals surface area contributed by atoms with E-state index in [0.717, 1.165) is 29.8 Å². The molecule has 0 saturated carbocycles. The Morgan fingerprint density at radius 3 is 2.42 bits per heavy atom. The summed E-state index contributed by atoms with van der Waals surface area (Å²) in [6.45, 7) is 4.13. The highest BCUT2D eigenvalue weighted by molar-refractivity contribution is 5.91. The molecule has 1 saturated heterocycles. The number of hydrogen-bond acceptors (Lipinski definition) is 5. The van der Waals surface area contributed by atoms with E-state index in [1.165, 1.54) is 31.9 Å². The minimum atomic E-state index is 0.217. The van der Waals surface area contributed by atoms with Gasteiger partial charge >= 0.3 is 0 Å². The molecule has 2 heterocycles. The van der Waals surface area contributed by atoms with Crippen molar-refractivity contribution in [2.45, 2.75) is 26.2 Å². The van der Waals surface area contributed by atoms with Gasteiger partial charge in [-0.05, 0) is 63.1 Å². The fourth-order valence-electron chi connectivity index (χ4n) is 3.35. The molecular weight excluding hydrogens is 324 g/mol. The normalized spacial score (nSPS) is 14.0. The van der Waals surface area contributed by atoms with Crippen LogP contribution in [0.4, 0.5) is 5.82 Å². The number of aryl methyl sites for hydroxylation is 1. The Morgan fingerprint density at radius 2 is 1.69 bits per heavy atom. The molecule has 1 aromatic heterocycles. The molecule has 1 aliphatic heterocycles. The number of phenols is 1. The van der Waals surface area contributed by atoms with Gasteiger partial charge in [-0.3, -0.25) is 0 Å². The van der Waals surface area contributed by atoms with Gasteiger partial charge in [0, 0.05) is 18.5 Å². The number of hydrogen-bond donors (Lipinski definition) is 2. The van der Waals surface area contributed by atoms with Gasteiger partial charge in [0.1, 0.15) is 11.6 Å². The third-order valence-electron chi connectivity index (χ3n) is 4.63. The average Bonchev–Trinajstić information content (AvgIpc) is 2.69. The molecule has 0 atom stereocenters. The minimum absolute atomic E-state index is 0.217. The van der Waals surface area contributed by atoms with Crippen LogP contribution >= 0.6 is 0 Å². The number of rotatable bonds is 2. The number of phenolic OH excluding ortho intramolecular Hbond substituents is 1. The first-order valence-corrected chi connectivity index (χ1v) is 9.12. The van der Waals surface area contributed by atoms with Crippen LogP contribution in [0.1, 0.15) is 24.8 Å². The lowest BCUT2D eigenvalue weighted by molar-refractivity contribution is 0.477. The Labute approximate surface area is 154 Å². The fourth-order valence-corrected chi connectivity index (χ4v) is 3.35. The molecule has 0 bridgehead atoms. The molecule has 3 N–H and O–H groups in total. The van der Waals surface area contributed by atoms with Crippen LogP contribution in [0.2, 0.25) is 0 Å². The smallest absolute Gasteiger partial charge is 0.165 e. The van der Waals surface area contributed by atoms with Crippen LogP contribution in [0.5, 0.6) is 5.75 Å². The van der Waals surface area contributed by atoms with E-state index >= 15 is 0 Å². The van der Waals surface area contributed by atoms with Gasteiger partial charge in [-0.15, -0.1) is 0 Å². The quantitative estimate of drug-likeness (QED) is 0.734. The van der Waals surface area contributed by atoms with Gasteiger partial charge in [-0.25, -0.2) is 9.97 Å². The van der Waals surface area contributed by atoms with Gasteiger partial charge < -0.3 is 15.7 Å². The highest BCUT2D eigenvalue weighted by Crippen LogP contribution is 2.32. The van der Waals surface area contributed by atoms with Crippen LogP contribution in [0.25, 0.3) is 22.3 Å². The van der Waals surface area contributed by atoms with E-state index in [9.17, 15) is 5.11 Å². The fraction of sp³-hybridized carbons (Fsp3) is 0.333. The van der Waals surface area contributed by atoms with E-state index in [4.69, 9.17) is 9.97 Å². The molecule has 3 aromatic rings. The molecule has 5 heteroatoms. The number of piperidine rings is 1. The number of para-hydroxylation sites is 1. The predicted octanol–water partition coefficient (Wildman–Crippen LogP) is 3.88. The molecule has 5 nitrogen and oxygen atoms in total. The van der Waals surface area contributed by atoms with Crippen molar-refractivity contribution in [2.75, 3.05) is 25.0 Å². The number of anilines is 1. The summed E-state index contributed by atoms with van der Waals surface area (Å²) in [4.78, 5) is 11.9. The van der Waals surface area contributed by atoms with E-state index in [-0.39, 0.29) is 5.75 Å². The van der Waals surface area contributed by atoms with Gasteiger partial charge in [-0.2, -0.15) is 0 Å². The summed E-state index contributed by atoms with van der Waals surface area (Å²) < 4.78 is 0. The van der Waals surface area contributed by atoms with Gasteiger partial charge in [0.25, 0.3) is 0 Å². The lowest BCUT2D eigenvalue weighted by atomic mass is 10.1. The van der Waals surface area contributed by atoms with E-state index < -0.39 is 0 Å². The lowest BCUT2D eigenvalue weighted by Crippen LogP contribution is -2.30. The van der Waals surface area contributed by atoms with Crippen molar-refractivity contribution in [3.8, 4) is 17.1 Å². The SMILES string of the molecule is CN.Cc1ccc2c(N3CCCCC3)nc(-c3ccccc3O)nc2c1. The van der Waals surface area contributed by atoms with Gasteiger partial charge in [0.2, 0.25) is 0 Å². The molecule has 26 heavy (non-hydrogen) atoms. The zero-order valence-corrected chi connectivity index (χ0v) is 15.4. The van der Waals surface area contributed by atoms with Crippen molar-refractivity contribution in [3.63, 3.8) is 0 Å². The van der Waals surface area contributed by atoms with Gasteiger partial charge in [-0.1, -0.05) is 18.2 Å². The number of fused-ring (bicyclic) bond motifs is 1. The van der Waals surface area contributed by atoms with Crippen LogP contribution in [0.15, 0.2) is 42.5 Å². The summed E-state index contributed by atoms with van der Waals surface area (Å²) in [6.07, 6.45) is 3.68. The Hall–Kier alpha value is -2.66. The Morgan fingerprint density at radius 1 is 0.962 bits per heavy atom. The summed E-state index contributed by atoms with van der Waals surface area (Å²) >= 11 is 0. The molecule has 0 unspecified atom stereocenters. The van der Waals surface area contributed by atoms with Crippen LogP contribution in [-0.2, 0) is 0 Å². The second-order valence-corrected chi connectivity index (χ2v) is 6.46. The molecular formula is C21H26N4O. The zero-order chi connectivity index (χ0) is 18.5. The van der Waals surface area contributed by atoms with Crippen molar-refractivity contribution in [2.24, 2.45) is 5.73 Å². The molecule has 0 radical (unpaired) electrons. The summed E-state index contributed by atoms with van der Waals surface area (Å²) in [7, 11) is 1.50. The largest absolute Gasteiger partial charge is 0.507 e. The van der Waals surface area contributed by atoms with Crippen LogP contribution in [0.3, 0.4) is 0 Å². The molecule has 1 fully saturated rings. The number of nitrogens with two attached hydrogens (primary N) is 1. The first-order valence-electron chi connectivity index (χ1n) is 9.12. The standard InChI is InChI=1S/C20H21N3O.CH5N/c1-14-9-10-15-17(13-14)21-19(16-7-3-4-8-18(16)24)22-20(15)23-11-5-2-6-12-23;1-2/h3-4,7-10,13,24H,2,5-6,11-12H2,1H3;2H2,1H3. The van der Waals surface area contributed by atoms with E-state index in [1.54, 1.807) is 6.07 Å². The zero-order valence-electron chi connectivity index (χ0n) is 15.4. The third-order valence-corrected chi connectivity index (χ3v) is 4.63. The monoisotopic (exact) mass is 350 g/mol. The maximum absolute atomic E-state index is 10.2. The number of aromatic hydroxyl groups is 1. The highest BCUT2D eigenvalue weighted by Gasteiger charge is 2.18. The van der Waals surface area contributed by atoms with Crippen LogP contribution in [0, 0.1) is 6.92 Å². The molecule has 4 rings (SSSR count). The van der Waals surface area contributed by atoms with E-state index in [1.807, 2.05) is 18.2 Å². The first kappa shape index (κ1) is 18.1. The molecule has 1 aliphatic rings. The minimum Gasteiger partial charge on any atom is -0.507 e. The second-order valence-electron chi connectivity index (χ2n) is 6.46. The topological polar surface area (TPSA) is 75.3 Å². The number of nitrogens with zero attached hydrogens (tertiary/aromatic N) is 3. The summed E-state index contributed by atoms with van der Waals surface area (Å²) in [5.41, 5.74) is 7.29. The van der Waals surface area contributed by atoms with E-state index in [2.05, 4.69) is 35.8 Å². The molecule has 0 spiro atoms. The van der Waals surface area contributed by atoms with Crippen molar-refractivity contribution in [1.82, 2.24) is 9.97 Å². The van der Waals surface area contributed by atoms with Gasteiger partial charge in [0.15, 0.2) is 5.82 Å². The second kappa shape index (κ2) is 8.15. The Bertz CT molecular complexity index is 888. The summed E-state index contributed by atoms with van der Waals surface area (Å²) in [5, 5.41) is 11.3. The van der Waals surface area contributed by atoms with Gasteiger partial charge in [0.05, 0.1) is 11.1 Å². The molecule has 2 aromatic carbocycles. The maximum atomic E-state index is 10.2. The van der Waals surface area contributed by atoms with Crippen molar-refractivity contribution in [3.05, 3.63) is 48.0 Å². The average molecular weight is 350 g/mol.